The standard InChI is InChI=1S/C20H23NO7/c1-12-4-6-14(19(24)18(12)23)20(25)28-11-17(22)21-9-8-13-5-7-15(26-2)16(10-13)27-3/h4-7,10,23-24H,8-9,11H2,1-3H3,(H,21,22). The summed E-state index contributed by atoms with van der Waals surface area (Å²) < 4.78 is 15.3. The molecule has 0 aliphatic carbocycles. The Labute approximate surface area is 162 Å². The summed E-state index contributed by atoms with van der Waals surface area (Å²) >= 11 is 0. The summed E-state index contributed by atoms with van der Waals surface area (Å²) in [7, 11) is 3.10. The molecule has 2 rings (SSSR count). The Bertz CT molecular complexity index is 864. The number of aromatic hydroxyl groups is 2. The number of benzene rings is 2. The minimum absolute atomic E-state index is 0.207. The molecule has 0 spiro atoms. The number of phenolic OH excluding ortho intramolecular Hbond substituents is 2. The van der Waals surface area contributed by atoms with Gasteiger partial charge in [0.05, 0.1) is 14.2 Å². The normalized spacial score (nSPS) is 10.2. The van der Waals surface area contributed by atoms with Gasteiger partial charge in [0.2, 0.25) is 0 Å². The van der Waals surface area contributed by atoms with Crippen LogP contribution in [0.3, 0.4) is 0 Å². The maximum atomic E-state index is 12.0. The van der Waals surface area contributed by atoms with E-state index in [0.717, 1.165) is 5.56 Å². The molecule has 28 heavy (non-hydrogen) atoms. The van der Waals surface area contributed by atoms with Gasteiger partial charge in [-0.3, -0.25) is 4.79 Å². The monoisotopic (exact) mass is 389 g/mol. The third kappa shape index (κ3) is 5.06. The molecular formula is C20H23NO7. The number of esters is 1. The number of carbonyl (C=O) groups excluding carboxylic acids is 2. The fourth-order valence-corrected chi connectivity index (χ4v) is 2.49. The molecule has 2 aromatic carbocycles. The van der Waals surface area contributed by atoms with Gasteiger partial charge in [0.25, 0.3) is 5.91 Å². The number of carbonyl (C=O) groups is 2. The van der Waals surface area contributed by atoms with E-state index in [-0.39, 0.29) is 5.56 Å². The van der Waals surface area contributed by atoms with Crippen molar-refractivity contribution in [1.82, 2.24) is 5.32 Å². The van der Waals surface area contributed by atoms with Crippen LogP contribution in [-0.2, 0) is 16.0 Å². The van der Waals surface area contributed by atoms with Crippen LogP contribution in [0.1, 0.15) is 21.5 Å². The van der Waals surface area contributed by atoms with Gasteiger partial charge < -0.3 is 29.7 Å². The zero-order valence-electron chi connectivity index (χ0n) is 15.9. The lowest BCUT2D eigenvalue weighted by Gasteiger charge is -2.11. The number of rotatable bonds is 8. The molecule has 0 radical (unpaired) electrons. The number of aryl methyl sites for hydroxylation is 1. The largest absolute Gasteiger partial charge is 0.504 e. The van der Waals surface area contributed by atoms with Gasteiger partial charge in [-0.2, -0.15) is 0 Å². The number of amides is 1. The van der Waals surface area contributed by atoms with E-state index < -0.39 is 30.0 Å². The molecule has 0 heterocycles. The first kappa shape index (κ1) is 20.9. The van der Waals surface area contributed by atoms with Crippen LogP contribution >= 0.6 is 0 Å². The predicted octanol–water partition coefficient (Wildman–Crippen LogP) is 1.94. The lowest BCUT2D eigenvalue weighted by molar-refractivity contribution is -0.124. The van der Waals surface area contributed by atoms with Crippen molar-refractivity contribution in [3.63, 3.8) is 0 Å². The molecular weight excluding hydrogens is 366 g/mol. The third-order valence-electron chi connectivity index (χ3n) is 4.09. The molecule has 2 aromatic rings. The van der Waals surface area contributed by atoms with Gasteiger partial charge in [0.1, 0.15) is 5.56 Å². The minimum Gasteiger partial charge on any atom is -0.504 e. The average molecular weight is 389 g/mol. The lowest BCUT2D eigenvalue weighted by Crippen LogP contribution is -2.30. The molecule has 0 fully saturated rings. The molecule has 0 aliphatic rings. The molecule has 8 heteroatoms. The highest BCUT2D eigenvalue weighted by atomic mass is 16.5. The number of hydrogen-bond donors (Lipinski definition) is 3. The van der Waals surface area contributed by atoms with Crippen LogP contribution < -0.4 is 14.8 Å². The third-order valence-corrected chi connectivity index (χ3v) is 4.09. The quantitative estimate of drug-likeness (QED) is 0.467. The molecule has 0 aromatic heterocycles. The van der Waals surface area contributed by atoms with Crippen molar-refractivity contribution in [3.8, 4) is 23.0 Å². The Kier molecular flexibility index (Phi) is 7.08. The van der Waals surface area contributed by atoms with E-state index in [1.807, 2.05) is 12.1 Å². The Morgan fingerprint density at radius 3 is 2.39 bits per heavy atom. The van der Waals surface area contributed by atoms with Gasteiger partial charge in [-0.25, -0.2) is 4.79 Å². The van der Waals surface area contributed by atoms with Crippen molar-refractivity contribution in [2.24, 2.45) is 0 Å². The first-order valence-electron chi connectivity index (χ1n) is 8.53. The summed E-state index contributed by atoms with van der Waals surface area (Å²) in [6.07, 6.45) is 0.548. The molecule has 1 amide bonds. The Morgan fingerprint density at radius 2 is 1.71 bits per heavy atom. The van der Waals surface area contributed by atoms with Gasteiger partial charge in [-0.15, -0.1) is 0 Å². The minimum atomic E-state index is -0.900. The summed E-state index contributed by atoms with van der Waals surface area (Å²) in [6, 6.07) is 8.25. The second kappa shape index (κ2) is 9.50. The van der Waals surface area contributed by atoms with Gasteiger partial charge in [-0.1, -0.05) is 12.1 Å². The van der Waals surface area contributed by atoms with Gasteiger partial charge in [0.15, 0.2) is 29.6 Å². The summed E-state index contributed by atoms with van der Waals surface area (Å²) in [5.74, 6) is -1.13. The van der Waals surface area contributed by atoms with Crippen LogP contribution in [0.15, 0.2) is 30.3 Å². The molecule has 0 bridgehead atoms. The molecule has 0 unspecified atom stereocenters. The summed E-state index contributed by atoms with van der Waals surface area (Å²) in [4.78, 5) is 23.8. The van der Waals surface area contributed by atoms with Crippen molar-refractivity contribution >= 4 is 11.9 Å². The van der Waals surface area contributed by atoms with E-state index in [2.05, 4.69) is 5.32 Å². The summed E-state index contributed by atoms with van der Waals surface area (Å²) in [5, 5.41) is 22.1. The summed E-state index contributed by atoms with van der Waals surface area (Å²) in [5.41, 5.74) is 1.15. The maximum absolute atomic E-state index is 12.0. The molecule has 0 atom stereocenters. The topological polar surface area (TPSA) is 114 Å². The smallest absolute Gasteiger partial charge is 0.342 e. The van der Waals surface area contributed by atoms with Crippen LogP contribution in [0.5, 0.6) is 23.0 Å². The first-order valence-corrected chi connectivity index (χ1v) is 8.53. The Hall–Kier alpha value is -3.42. The van der Waals surface area contributed by atoms with Gasteiger partial charge >= 0.3 is 5.97 Å². The van der Waals surface area contributed by atoms with Crippen molar-refractivity contribution in [2.45, 2.75) is 13.3 Å². The lowest BCUT2D eigenvalue weighted by atomic mass is 10.1. The van der Waals surface area contributed by atoms with Crippen LogP contribution in [0.4, 0.5) is 0 Å². The van der Waals surface area contributed by atoms with E-state index in [9.17, 15) is 19.8 Å². The molecule has 0 aliphatic heterocycles. The second-order valence-corrected chi connectivity index (χ2v) is 5.99. The zero-order valence-corrected chi connectivity index (χ0v) is 15.9. The number of ether oxygens (including phenoxy) is 3. The molecule has 150 valence electrons. The Balaban J connectivity index is 1.82. The second-order valence-electron chi connectivity index (χ2n) is 5.99. The predicted molar refractivity (Wildman–Crippen MR) is 101 cm³/mol. The van der Waals surface area contributed by atoms with Crippen LogP contribution in [0.25, 0.3) is 0 Å². The summed E-state index contributed by atoms with van der Waals surface area (Å²) in [6.45, 7) is 1.41. The highest BCUT2D eigenvalue weighted by Crippen LogP contribution is 2.32. The van der Waals surface area contributed by atoms with E-state index in [1.54, 1.807) is 27.2 Å². The fourth-order valence-electron chi connectivity index (χ4n) is 2.49. The first-order chi connectivity index (χ1) is 13.4. The van der Waals surface area contributed by atoms with Crippen LogP contribution in [-0.4, -0.2) is 49.5 Å². The molecule has 8 nitrogen and oxygen atoms in total. The maximum Gasteiger partial charge on any atom is 0.342 e. The van der Waals surface area contributed by atoms with Gasteiger partial charge in [-0.05, 0) is 42.7 Å². The molecule has 0 saturated carbocycles. The van der Waals surface area contributed by atoms with Crippen LogP contribution in [0, 0.1) is 6.92 Å². The van der Waals surface area contributed by atoms with Crippen molar-refractivity contribution in [3.05, 3.63) is 47.0 Å². The van der Waals surface area contributed by atoms with E-state index in [1.165, 1.54) is 12.1 Å². The SMILES string of the molecule is COc1ccc(CCNC(=O)COC(=O)c2ccc(C)c(O)c2O)cc1OC. The number of nitrogens with one attached hydrogen (secondary N) is 1. The highest BCUT2D eigenvalue weighted by Gasteiger charge is 2.18. The molecule has 0 saturated heterocycles. The van der Waals surface area contributed by atoms with Crippen molar-refractivity contribution in [2.75, 3.05) is 27.4 Å². The van der Waals surface area contributed by atoms with Gasteiger partial charge in [0, 0.05) is 6.54 Å². The number of methoxy groups -OCH3 is 2. The fraction of sp³-hybridized carbons (Fsp3) is 0.300. The van der Waals surface area contributed by atoms with Crippen LogP contribution in [0.2, 0.25) is 0 Å². The number of hydrogen-bond acceptors (Lipinski definition) is 7. The van der Waals surface area contributed by atoms with E-state index in [0.29, 0.717) is 30.0 Å². The Morgan fingerprint density at radius 1 is 1.00 bits per heavy atom. The van der Waals surface area contributed by atoms with Crippen molar-refractivity contribution in [1.29, 1.82) is 0 Å². The average Bonchev–Trinajstić information content (AvgIpc) is 2.70. The highest BCUT2D eigenvalue weighted by molar-refractivity contribution is 5.94. The zero-order chi connectivity index (χ0) is 20.7. The van der Waals surface area contributed by atoms with Crippen molar-refractivity contribution < 1.29 is 34.0 Å². The van der Waals surface area contributed by atoms with E-state index >= 15 is 0 Å². The number of phenols is 2. The van der Waals surface area contributed by atoms with E-state index in [4.69, 9.17) is 14.2 Å². The molecule has 3 N–H and O–H groups in total.